The molecule has 1 aromatic carbocycles. The molecule has 0 saturated heterocycles. The van der Waals surface area contributed by atoms with Crippen LogP contribution in [0.3, 0.4) is 0 Å². The molecule has 0 N–H and O–H groups in total. The van der Waals surface area contributed by atoms with Crippen molar-refractivity contribution in [2.45, 2.75) is 19.4 Å². The Morgan fingerprint density at radius 1 is 1.03 bits per heavy atom. The number of hydrogen-bond donors (Lipinski definition) is 0. The molecule has 1 aromatic heterocycles. The second kappa shape index (κ2) is 8.11. The van der Waals surface area contributed by atoms with E-state index in [4.69, 9.17) is 4.74 Å². The van der Waals surface area contributed by atoms with Crippen LogP contribution in [-0.4, -0.2) is 49.6 Å². The van der Waals surface area contributed by atoms with E-state index in [-0.39, 0.29) is 24.1 Å². The Bertz CT molecular complexity index is 1070. The SMILES string of the molecule is CCOC(=O)C(=O)c1c(OS(=O)(=O)C(F)(F)F)n(C(=O)OCC)c2ccccc12. The predicted octanol–water partition coefficient (Wildman–Crippen LogP) is 2.62. The minimum atomic E-state index is -6.30. The van der Waals surface area contributed by atoms with Crippen LogP contribution in [-0.2, 0) is 24.4 Å². The Morgan fingerprint density at radius 3 is 2.17 bits per heavy atom. The molecule has 0 aliphatic heterocycles. The monoisotopic (exact) mass is 437 g/mol. The lowest BCUT2D eigenvalue weighted by molar-refractivity contribution is -0.137. The number of aromatic nitrogens is 1. The topological polar surface area (TPSA) is 118 Å². The number of Topliss-reactive ketones (excluding diaryl/α,β-unsaturated/α-hetero) is 1. The summed E-state index contributed by atoms with van der Waals surface area (Å²) in [6.45, 7) is 2.30. The van der Waals surface area contributed by atoms with E-state index >= 15 is 0 Å². The van der Waals surface area contributed by atoms with E-state index < -0.39 is 44.9 Å². The average molecular weight is 437 g/mol. The fourth-order valence-corrected chi connectivity index (χ4v) is 2.79. The van der Waals surface area contributed by atoms with Crippen molar-refractivity contribution in [1.29, 1.82) is 0 Å². The molecule has 2 rings (SSSR count). The van der Waals surface area contributed by atoms with Gasteiger partial charge in [-0.25, -0.2) is 14.2 Å². The van der Waals surface area contributed by atoms with Crippen molar-refractivity contribution in [3.05, 3.63) is 29.8 Å². The van der Waals surface area contributed by atoms with Crippen molar-refractivity contribution >= 4 is 38.9 Å². The van der Waals surface area contributed by atoms with Gasteiger partial charge < -0.3 is 13.7 Å². The first-order valence-corrected chi connectivity index (χ1v) is 9.39. The van der Waals surface area contributed by atoms with Gasteiger partial charge in [-0.1, -0.05) is 18.2 Å². The second-order valence-corrected chi connectivity index (χ2v) is 6.80. The fourth-order valence-electron chi connectivity index (χ4n) is 2.33. The Hall–Kier alpha value is -3.09. The molecule has 0 aliphatic rings. The molecule has 1 heterocycles. The molecule has 0 bridgehead atoms. The van der Waals surface area contributed by atoms with E-state index in [1.54, 1.807) is 0 Å². The maximum atomic E-state index is 12.9. The normalized spacial score (nSPS) is 11.9. The maximum Gasteiger partial charge on any atom is 0.534 e. The third kappa shape index (κ3) is 4.18. The first-order chi connectivity index (χ1) is 13.5. The number of fused-ring (bicyclic) bond motifs is 1. The number of alkyl halides is 3. The summed E-state index contributed by atoms with van der Waals surface area (Å²) < 4.78 is 75.4. The highest BCUT2D eigenvalue weighted by atomic mass is 32.2. The van der Waals surface area contributed by atoms with Gasteiger partial charge in [-0.05, 0) is 19.9 Å². The summed E-state index contributed by atoms with van der Waals surface area (Å²) >= 11 is 0. The Balaban J connectivity index is 2.87. The zero-order valence-electron chi connectivity index (χ0n) is 15.0. The number of halogens is 3. The molecule has 0 radical (unpaired) electrons. The van der Waals surface area contributed by atoms with Gasteiger partial charge in [0.2, 0.25) is 5.88 Å². The minimum absolute atomic E-state index is 0.217. The molecule has 29 heavy (non-hydrogen) atoms. The van der Waals surface area contributed by atoms with Gasteiger partial charge in [0.25, 0.3) is 5.78 Å². The van der Waals surface area contributed by atoms with Crippen LogP contribution in [0.5, 0.6) is 5.88 Å². The molecular weight excluding hydrogens is 423 g/mol. The lowest BCUT2D eigenvalue weighted by atomic mass is 10.1. The number of carbonyl (C=O) groups is 3. The van der Waals surface area contributed by atoms with Gasteiger partial charge in [-0.2, -0.15) is 21.6 Å². The maximum absolute atomic E-state index is 12.9. The van der Waals surface area contributed by atoms with Crippen LogP contribution < -0.4 is 4.18 Å². The average Bonchev–Trinajstić information content (AvgIpc) is 2.93. The molecule has 9 nitrogen and oxygen atoms in total. The van der Waals surface area contributed by atoms with Crippen LogP contribution in [0.25, 0.3) is 10.9 Å². The van der Waals surface area contributed by atoms with Crippen molar-refractivity contribution in [1.82, 2.24) is 4.57 Å². The minimum Gasteiger partial charge on any atom is -0.460 e. The summed E-state index contributed by atoms with van der Waals surface area (Å²) in [7, 11) is -6.30. The molecule has 0 spiro atoms. The van der Waals surface area contributed by atoms with Crippen LogP contribution in [0.4, 0.5) is 18.0 Å². The van der Waals surface area contributed by atoms with E-state index in [2.05, 4.69) is 8.92 Å². The lowest BCUT2D eigenvalue weighted by Gasteiger charge is -2.13. The summed E-state index contributed by atoms with van der Waals surface area (Å²) in [5.74, 6) is -4.31. The zero-order chi connectivity index (χ0) is 22.0. The summed E-state index contributed by atoms with van der Waals surface area (Å²) in [5, 5.41) is -0.217. The van der Waals surface area contributed by atoms with E-state index in [9.17, 15) is 36.0 Å². The highest BCUT2D eigenvalue weighted by molar-refractivity contribution is 7.88. The van der Waals surface area contributed by atoms with Crippen molar-refractivity contribution in [3.8, 4) is 5.88 Å². The van der Waals surface area contributed by atoms with E-state index in [0.717, 1.165) is 0 Å². The van der Waals surface area contributed by atoms with Crippen LogP contribution in [0, 0.1) is 0 Å². The number of ether oxygens (including phenoxy) is 2. The van der Waals surface area contributed by atoms with E-state index in [1.165, 1.54) is 38.1 Å². The highest BCUT2D eigenvalue weighted by Gasteiger charge is 2.50. The van der Waals surface area contributed by atoms with Crippen molar-refractivity contribution in [2.75, 3.05) is 13.2 Å². The standard InChI is InChI=1S/C16H14F3NO8S/c1-3-26-14(22)12(21)11-9-7-5-6-8-10(9)20(15(23)27-4-2)13(11)28-29(24,25)16(17,18)19/h5-8H,3-4H2,1-2H3. The third-order valence-corrected chi connectivity index (χ3v) is 4.39. The number of para-hydroxylation sites is 1. The summed E-state index contributed by atoms with van der Waals surface area (Å²) in [6, 6.07) is 5.09. The molecule has 2 aromatic rings. The molecule has 158 valence electrons. The Kier molecular flexibility index (Phi) is 6.21. The summed E-state index contributed by atoms with van der Waals surface area (Å²) in [5.41, 5.74) is -6.97. The second-order valence-electron chi connectivity index (χ2n) is 5.26. The molecule has 13 heteroatoms. The number of ketones is 1. The van der Waals surface area contributed by atoms with E-state index in [1.807, 2.05) is 0 Å². The number of carbonyl (C=O) groups excluding carboxylic acids is 3. The lowest BCUT2D eigenvalue weighted by Crippen LogP contribution is -2.30. The van der Waals surface area contributed by atoms with Crippen molar-refractivity contribution in [3.63, 3.8) is 0 Å². The van der Waals surface area contributed by atoms with Crippen LogP contribution >= 0.6 is 0 Å². The molecule has 0 fully saturated rings. The third-order valence-electron chi connectivity index (χ3n) is 3.44. The van der Waals surface area contributed by atoms with Gasteiger partial charge in [0, 0.05) is 5.39 Å². The number of benzene rings is 1. The van der Waals surface area contributed by atoms with Crippen LogP contribution in [0.2, 0.25) is 0 Å². The first-order valence-electron chi connectivity index (χ1n) is 7.99. The summed E-state index contributed by atoms with van der Waals surface area (Å²) in [6.07, 6.45) is -1.32. The highest BCUT2D eigenvalue weighted by Crippen LogP contribution is 2.36. The largest absolute Gasteiger partial charge is 0.534 e. The number of esters is 1. The zero-order valence-corrected chi connectivity index (χ0v) is 15.8. The van der Waals surface area contributed by atoms with Gasteiger partial charge in [0.05, 0.1) is 18.7 Å². The number of rotatable bonds is 6. The molecule has 0 aliphatic carbocycles. The van der Waals surface area contributed by atoms with Crippen LogP contribution in [0.1, 0.15) is 24.2 Å². The van der Waals surface area contributed by atoms with Crippen molar-refractivity contribution in [2.24, 2.45) is 0 Å². The molecule has 0 atom stereocenters. The van der Waals surface area contributed by atoms with Gasteiger partial charge in [-0.3, -0.25) is 4.79 Å². The molecule has 0 unspecified atom stereocenters. The van der Waals surface area contributed by atoms with Gasteiger partial charge >= 0.3 is 27.7 Å². The molecule has 0 amide bonds. The van der Waals surface area contributed by atoms with Gasteiger partial charge in [0.1, 0.15) is 5.56 Å². The number of hydrogen-bond acceptors (Lipinski definition) is 8. The Labute approximate surface area is 162 Å². The fraction of sp³-hybridized carbons (Fsp3) is 0.312. The van der Waals surface area contributed by atoms with Gasteiger partial charge in [0.15, 0.2) is 0 Å². The van der Waals surface area contributed by atoms with E-state index in [0.29, 0.717) is 4.57 Å². The van der Waals surface area contributed by atoms with Crippen molar-refractivity contribution < 1.29 is 49.6 Å². The predicted molar refractivity (Wildman–Crippen MR) is 90.9 cm³/mol. The molecular formula is C16H14F3NO8S. The summed E-state index contributed by atoms with van der Waals surface area (Å²) in [4.78, 5) is 36.7. The van der Waals surface area contributed by atoms with Crippen LogP contribution in [0.15, 0.2) is 24.3 Å². The smallest absolute Gasteiger partial charge is 0.460 e. The Morgan fingerprint density at radius 2 is 1.62 bits per heavy atom. The quantitative estimate of drug-likeness (QED) is 0.223. The van der Waals surface area contributed by atoms with Gasteiger partial charge in [-0.15, -0.1) is 0 Å². The first kappa shape index (κ1) is 22.2. The molecule has 0 saturated carbocycles. The number of nitrogens with zero attached hydrogens (tertiary/aromatic N) is 1.